The van der Waals surface area contributed by atoms with Crippen LogP contribution in [0.4, 0.5) is 5.69 Å². The smallest absolute Gasteiger partial charge is 0.310 e. The van der Waals surface area contributed by atoms with Crippen LogP contribution in [0.25, 0.3) is 0 Å². The maximum atomic E-state index is 11.2. The van der Waals surface area contributed by atoms with E-state index in [1.54, 1.807) is 18.2 Å². The molecule has 0 aliphatic rings. The maximum absolute atomic E-state index is 11.2. The van der Waals surface area contributed by atoms with E-state index in [2.05, 4.69) is 5.32 Å². The second kappa shape index (κ2) is 7.26. The fourth-order valence-electron chi connectivity index (χ4n) is 1.43. The average Bonchev–Trinajstić information content (AvgIpc) is 2.35. The Hall–Kier alpha value is -2.11. The Morgan fingerprint density at radius 2 is 2.17 bits per heavy atom. The van der Waals surface area contributed by atoms with Crippen molar-refractivity contribution < 1.29 is 14.5 Å². The van der Waals surface area contributed by atoms with Crippen LogP contribution in [0.3, 0.4) is 0 Å². The molecule has 0 spiro atoms. The Morgan fingerprint density at radius 3 is 2.83 bits per heavy atom. The lowest BCUT2D eigenvalue weighted by molar-refractivity contribution is -0.385. The van der Waals surface area contributed by atoms with Gasteiger partial charge in [-0.05, 0) is 19.4 Å². The van der Waals surface area contributed by atoms with E-state index < -0.39 is 4.92 Å². The number of hydrogen-bond donors (Lipinski definition) is 1. The van der Waals surface area contributed by atoms with E-state index >= 15 is 0 Å². The van der Waals surface area contributed by atoms with Gasteiger partial charge in [0.15, 0.2) is 5.75 Å². The lowest BCUT2D eigenvalue weighted by Crippen LogP contribution is -2.22. The first-order chi connectivity index (χ1) is 8.65. The summed E-state index contributed by atoms with van der Waals surface area (Å²) in [5, 5.41) is 13.4. The van der Waals surface area contributed by atoms with Gasteiger partial charge in [0.2, 0.25) is 5.91 Å². The molecule has 0 radical (unpaired) electrons. The SMILES string of the molecule is CCNC(=O)CCCOc1ccccc1[N+](=O)[O-]. The molecule has 0 aliphatic carbocycles. The number of rotatable bonds is 7. The van der Waals surface area contributed by atoms with Crippen LogP contribution in [0.1, 0.15) is 19.8 Å². The van der Waals surface area contributed by atoms with Gasteiger partial charge in [-0.15, -0.1) is 0 Å². The Bertz CT molecular complexity index is 420. The summed E-state index contributed by atoms with van der Waals surface area (Å²) in [6, 6.07) is 6.19. The van der Waals surface area contributed by atoms with Crippen molar-refractivity contribution in [2.24, 2.45) is 0 Å². The number of hydrogen-bond acceptors (Lipinski definition) is 4. The van der Waals surface area contributed by atoms with Gasteiger partial charge in [-0.25, -0.2) is 0 Å². The van der Waals surface area contributed by atoms with Gasteiger partial charge in [-0.3, -0.25) is 14.9 Å². The van der Waals surface area contributed by atoms with Crippen LogP contribution in [-0.2, 0) is 4.79 Å². The van der Waals surface area contributed by atoms with E-state index in [9.17, 15) is 14.9 Å². The Morgan fingerprint density at radius 1 is 1.44 bits per heavy atom. The minimum Gasteiger partial charge on any atom is -0.487 e. The lowest BCUT2D eigenvalue weighted by Gasteiger charge is -2.06. The summed E-state index contributed by atoms with van der Waals surface area (Å²) >= 11 is 0. The molecule has 1 N–H and O–H groups in total. The molecule has 0 fully saturated rings. The molecule has 0 atom stereocenters. The normalized spacial score (nSPS) is 9.83. The zero-order valence-corrected chi connectivity index (χ0v) is 10.2. The third-order valence-electron chi connectivity index (χ3n) is 2.24. The third kappa shape index (κ3) is 4.40. The molecule has 98 valence electrons. The molecule has 0 bridgehead atoms. The number of nitrogens with one attached hydrogen (secondary N) is 1. The van der Waals surface area contributed by atoms with Crippen LogP contribution in [0, 0.1) is 10.1 Å². The van der Waals surface area contributed by atoms with E-state index in [1.807, 2.05) is 6.92 Å². The van der Waals surface area contributed by atoms with Gasteiger partial charge in [0, 0.05) is 19.0 Å². The van der Waals surface area contributed by atoms with Crippen molar-refractivity contribution in [1.82, 2.24) is 5.32 Å². The molecule has 1 rings (SSSR count). The maximum Gasteiger partial charge on any atom is 0.310 e. The molecule has 0 saturated heterocycles. The molecule has 0 saturated carbocycles. The second-order valence-electron chi connectivity index (χ2n) is 3.63. The van der Waals surface area contributed by atoms with Crippen LogP contribution >= 0.6 is 0 Å². The van der Waals surface area contributed by atoms with Crippen LogP contribution in [0.15, 0.2) is 24.3 Å². The van der Waals surface area contributed by atoms with E-state index in [0.717, 1.165) is 0 Å². The Balaban J connectivity index is 2.40. The van der Waals surface area contributed by atoms with Crippen LogP contribution in [-0.4, -0.2) is 24.0 Å². The Labute approximate surface area is 105 Å². The van der Waals surface area contributed by atoms with Gasteiger partial charge in [0.05, 0.1) is 11.5 Å². The highest BCUT2D eigenvalue weighted by atomic mass is 16.6. The topological polar surface area (TPSA) is 81.5 Å². The molecule has 0 aliphatic heterocycles. The molecule has 0 aromatic heterocycles. The van der Waals surface area contributed by atoms with Crippen LogP contribution in [0.2, 0.25) is 0 Å². The highest BCUT2D eigenvalue weighted by Gasteiger charge is 2.13. The molecular weight excluding hydrogens is 236 g/mol. The summed E-state index contributed by atoms with van der Waals surface area (Å²) in [4.78, 5) is 21.4. The zero-order chi connectivity index (χ0) is 13.4. The highest BCUT2D eigenvalue weighted by molar-refractivity contribution is 5.75. The van der Waals surface area contributed by atoms with Gasteiger partial charge in [-0.1, -0.05) is 12.1 Å². The molecule has 18 heavy (non-hydrogen) atoms. The van der Waals surface area contributed by atoms with Gasteiger partial charge in [0.1, 0.15) is 0 Å². The minimum absolute atomic E-state index is 0.0383. The summed E-state index contributed by atoms with van der Waals surface area (Å²) in [6.45, 7) is 2.73. The number of carbonyl (C=O) groups is 1. The second-order valence-corrected chi connectivity index (χ2v) is 3.63. The van der Waals surface area contributed by atoms with Gasteiger partial charge < -0.3 is 10.1 Å². The minimum atomic E-state index is -0.487. The monoisotopic (exact) mass is 252 g/mol. The first-order valence-corrected chi connectivity index (χ1v) is 5.78. The van der Waals surface area contributed by atoms with Crippen molar-refractivity contribution in [2.45, 2.75) is 19.8 Å². The molecule has 1 aromatic carbocycles. The summed E-state index contributed by atoms with van der Waals surface area (Å²) in [5.74, 6) is 0.196. The fraction of sp³-hybridized carbons (Fsp3) is 0.417. The Kier molecular flexibility index (Phi) is 5.63. The number of amides is 1. The highest BCUT2D eigenvalue weighted by Crippen LogP contribution is 2.25. The van der Waals surface area contributed by atoms with Crippen LogP contribution < -0.4 is 10.1 Å². The first-order valence-electron chi connectivity index (χ1n) is 5.78. The molecule has 0 heterocycles. The predicted molar refractivity (Wildman–Crippen MR) is 66.5 cm³/mol. The van der Waals surface area contributed by atoms with E-state index in [4.69, 9.17) is 4.74 Å². The summed E-state index contributed by atoms with van der Waals surface area (Å²) in [7, 11) is 0. The fourth-order valence-corrected chi connectivity index (χ4v) is 1.43. The quantitative estimate of drug-likeness (QED) is 0.456. The molecule has 0 unspecified atom stereocenters. The van der Waals surface area contributed by atoms with Crippen LogP contribution in [0.5, 0.6) is 5.75 Å². The van der Waals surface area contributed by atoms with Crippen molar-refractivity contribution in [3.05, 3.63) is 34.4 Å². The molecule has 1 amide bonds. The number of benzene rings is 1. The van der Waals surface area contributed by atoms with Gasteiger partial charge >= 0.3 is 5.69 Å². The van der Waals surface area contributed by atoms with Gasteiger partial charge in [-0.2, -0.15) is 0 Å². The summed E-state index contributed by atoms with van der Waals surface area (Å²) < 4.78 is 5.31. The third-order valence-corrected chi connectivity index (χ3v) is 2.24. The lowest BCUT2D eigenvalue weighted by atomic mass is 10.3. The van der Waals surface area contributed by atoms with E-state index in [0.29, 0.717) is 19.4 Å². The van der Waals surface area contributed by atoms with Crippen molar-refractivity contribution >= 4 is 11.6 Å². The number of ether oxygens (including phenoxy) is 1. The van der Waals surface area contributed by atoms with Crippen molar-refractivity contribution in [3.63, 3.8) is 0 Å². The number of para-hydroxylation sites is 2. The van der Waals surface area contributed by atoms with E-state index in [1.165, 1.54) is 6.07 Å². The van der Waals surface area contributed by atoms with E-state index in [-0.39, 0.29) is 24.0 Å². The number of nitro benzene ring substituents is 1. The molecule has 6 nitrogen and oxygen atoms in total. The predicted octanol–water partition coefficient (Wildman–Crippen LogP) is 1.89. The number of carbonyl (C=O) groups excluding carboxylic acids is 1. The zero-order valence-electron chi connectivity index (χ0n) is 10.2. The summed E-state index contributed by atoms with van der Waals surface area (Å²) in [6.07, 6.45) is 0.881. The molecule has 6 heteroatoms. The average molecular weight is 252 g/mol. The van der Waals surface area contributed by atoms with Crippen molar-refractivity contribution in [3.8, 4) is 5.75 Å². The molecular formula is C12H16N2O4. The number of nitro groups is 1. The summed E-state index contributed by atoms with van der Waals surface area (Å²) in [5.41, 5.74) is -0.0597. The van der Waals surface area contributed by atoms with Crippen molar-refractivity contribution in [2.75, 3.05) is 13.2 Å². The first kappa shape index (κ1) is 14.0. The van der Waals surface area contributed by atoms with Gasteiger partial charge in [0.25, 0.3) is 0 Å². The standard InChI is InChI=1S/C12H16N2O4/c1-2-13-12(15)8-5-9-18-11-7-4-3-6-10(11)14(16)17/h3-4,6-7H,2,5,8-9H2,1H3,(H,13,15). The number of nitrogens with zero attached hydrogens (tertiary/aromatic N) is 1. The van der Waals surface area contributed by atoms with Crippen molar-refractivity contribution in [1.29, 1.82) is 0 Å². The molecule has 1 aromatic rings. The largest absolute Gasteiger partial charge is 0.487 e.